The molecular formula is C15H30O. The van der Waals surface area contributed by atoms with Gasteiger partial charge in [0.05, 0.1) is 5.60 Å². The summed E-state index contributed by atoms with van der Waals surface area (Å²) in [4.78, 5) is 0. The van der Waals surface area contributed by atoms with E-state index < -0.39 is 0 Å². The van der Waals surface area contributed by atoms with E-state index in [9.17, 15) is 0 Å². The molecule has 1 heteroatoms. The van der Waals surface area contributed by atoms with E-state index in [2.05, 4.69) is 20.4 Å². The molecule has 16 heavy (non-hydrogen) atoms. The molecule has 96 valence electrons. The van der Waals surface area contributed by atoms with Crippen LogP contribution >= 0.6 is 0 Å². The molecule has 0 aromatic heterocycles. The first kappa shape index (κ1) is 15.7. The fourth-order valence-electron chi connectivity index (χ4n) is 2.00. The van der Waals surface area contributed by atoms with Crippen LogP contribution in [0.1, 0.15) is 72.1 Å². The second-order valence-electron chi connectivity index (χ2n) is 4.82. The average molecular weight is 226 g/mol. The summed E-state index contributed by atoms with van der Waals surface area (Å²) in [7, 11) is 0. The Labute approximate surface area is 102 Å². The average Bonchev–Trinajstić information content (AvgIpc) is 2.28. The summed E-state index contributed by atoms with van der Waals surface area (Å²) in [5, 5.41) is 0. The second kappa shape index (κ2) is 9.89. The van der Waals surface area contributed by atoms with Crippen molar-refractivity contribution in [2.75, 3.05) is 6.61 Å². The normalized spacial score (nSPS) is 14.7. The summed E-state index contributed by atoms with van der Waals surface area (Å²) in [6.45, 7) is 11.1. The molecule has 0 aromatic rings. The molecule has 0 aliphatic carbocycles. The van der Waals surface area contributed by atoms with Crippen LogP contribution in [-0.4, -0.2) is 12.2 Å². The fourth-order valence-corrected chi connectivity index (χ4v) is 2.00. The van der Waals surface area contributed by atoms with Crippen molar-refractivity contribution in [3.05, 3.63) is 12.7 Å². The van der Waals surface area contributed by atoms with E-state index in [0.29, 0.717) is 0 Å². The molecule has 0 aliphatic rings. The standard InChI is InChI=1S/C15H30O/c1-5-8-9-10-11-12-13-14-15(4,6-2)16-7-3/h6H,2,5,7-14H2,1,3-4H3. The highest BCUT2D eigenvalue weighted by Crippen LogP contribution is 2.21. The van der Waals surface area contributed by atoms with Gasteiger partial charge in [0.2, 0.25) is 0 Å². The van der Waals surface area contributed by atoms with Crippen LogP contribution in [0, 0.1) is 0 Å². The van der Waals surface area contributed by atoms with Crippen molar-refractivity contribution in [3.8, 4) is 0 Å². The topological polar surface area (TPSA) is 9.23 Å². The van der Waals surface area contributed by atoms with Crippen molar-refractivity contribution in [1.82, 2.24) is 0 Å². The zero-order valence-corrected chi connectivity index (χ0v) is 11.6. The van der Waals surface area contributed by atoms with Crippen LogP contribution in [0.5, 0.6) is 0 Å². The van der Waals surface area contributed by atoms with Crippen LogP contribution in [0.4, 0.5) is 0 Å². The number of hydrogen-bond donors (Lipinski definition) is 0. The van der Waals surface area contributed by atoms with Crippen molar-refractivity contribution < 1.29 is 4.74 Å². The Morgan fingerprint density at radius 1 is 1.00 bits per heavy atom. The summed E-state index contributed by atoms with van der Waals surface area (Å²) >= 11 is 0. The Bertz CT molecular complexity index is 165. The summed E-state index contributed by atoms with van der Waals surface area (Å²) in [6.07, 6.45) is 12.6. The molecule has 1 unspecified atom stereocenters. The lowest BCUT2D eigenvalue weighted by Crippen LogP contribution is -2.25. The molecular weight excluding hydrogens is 196 g/mol. The summed E-state index contributed by atoms with van der Waals surface area (Å²) < 4.78 is 5.71. The van der Waals surface area contributed by atoms with Gasteiger partial charge in [0.25, 0.3) is 0 Å². The lowest BCUT2D eigenvalue weighted by Gasteiger charge is -2.25. The van der Waals surface area contributed by atoms with Crippen molar-refractivity contribution in [2.45, 2.75) is 77.7 Å². The van der Waals surface area contributed by atoms with Crippen molar-refractivity contribution in [1.29, 1.82) is 0 Å². The molecule has 0 saturated carbocycles. The van der Waals surface area contributed by atoms with Crippen LogP contribution in [-0.2, 0) is 4.74 Å². The van der Waals surface area contributed by atoms with Gasteiger partial charge in [0.15, 0.2) is 0 Å². The Morgan fingerprint density at radius 2 is 1.56 bits per heavy atom. The first-order valence-corrected chi connectivity index (χ1v) is 6.96. The highest BCUT2D eigenvalue weighted by molar-refractivity contribution is 4.93. The number of unbranched alkanes of at least 4 members (excludes halogenated alkanes) is 6. The maximum absolute atomic E-state index is 5.71. The van der Waals surface area contributed by atoms with Crippen LogP contribution in [0.2, 0.25) is 0 Å². The molecule has 0 spiro atoms. The van der Waals surface area contributed by atoms with Gasteiger partial charge in [-0.1, -0.05) is 57.9 Å². The van der Waals surface area contributed by atoms with E-state index in [1.54, 1.807) is 0 Å². The highest BCUT2D eigenvalue weighted by atomic mass is 16.5. The molecule has 0 aliphatic heterocycles. The Hall–Kier alpha value is -0.300. The van der Waals surface area contributed by atoms with Gasteiger partial charge in [0.1, 0.15) is 0 Å². The predicted octanol–water partition coefficient (Wildman–Crippen LogP) is 5.11. The van der Waals surface area contributed by atoms with Gasteiger partial charge in [-0.15, -0.1) is 6.58 Å². The highest BCUT2D eigenvalue weighted by Gasteiger charge is 2.18. The Balaban J connectivity index is 3.44. The van der Waals surface area contributed by atoms with Gasteiger partial charge >= 0.3 is 0 Å². The number of rotatable bonds is 11. The fraction of sp³-hybridized carbons (Fsp3) is 0.867. The van der Waals surface area contributed by atoms with Gasteiger partial charge in [-0.3, -0.25) is 0 Å². The molecule has 0 heterocycles. The second-order valence-corrected chi connectivity index (χ2v) is 4.82. The monoisotopic (exact) mass is 226 g/mol. The van der Waals surface area contributed by atoms with Gasteiger partial charge in [-0.05, 0) is 20.3 Å². The summed E-state index contributed by atoms with van der Waals surface area (Å²) in [6, 6.07) is 0. The smallest absolute Gasteiger partial charge is 0.0831 e. The number of ether oxygens (including phenoxy) is 1. The molecule has 1 nitrogen and oxygen atoms in total. The van der Waals surface area contributed by atoms with E-state index in [4.69, 9.17) is 4.74 Å². The molecule has 0 rings (SSSR count). The molecule has 0 aromatic carbocycles. The minimum Gasteiger partial charge on any atom is -0.372 e. The molecule has 1 atom stereocenters. The predicted molar refractivity (Wildman–Crippen MR) is 72.8 cm³/mol. The van der Waals surface area contributed by atoms with Crippen LogP contribution < -0.4 is 0 Å². The maximum atomic E-state index is 5.71. The SMILES string of the molecule is C=CC(C)(CCCCCCCCC)OCC. The van der Waals surface area contributed by atoms with E-state index in [-0.39, 0.29) is 5.60 Å². The zero-order valence-electron chi connectivity index (χ0n) is 11.6. The first-order chi connectivity index (χ1) is 7.68. The van der Waals surface area contributed by atoms with Gasteiger partial charge in [-0.25, -0.2) is 0 Å². The molecule has 0 amide bonds. The largest absolute Gasteiger partial charge is 0.372 e. The third-order valence-electron chi connectivity index (χ3n) is 3.18. The molecule has 0 bridgehead atoms. The summed E-state index contributed by atoms with van der Waals surface area (Å²) in [5.41, 5.74) is -0.0990. The van der Waals surface area contributed by atoms with Crippen molar-refractivity contribution >= 4 is 0 Å². The molecule has 0 saturated heterocycles. The minimum atomic E-state index is -0.0990. The first-order valence-electron chi connectivity index (χ1n) is 6.96. The quantitative estimate of drug-likeness (QED) is 0.351. The van der Waals surface area contributed by atoms with Gasteiger partial charge in [-0.2, -0.15) is 0 Å². The van der Waals surface area contributed by atoms with E-state index >= 15 is 0 Å². The molecule has 0 fully saturated rings. The van der Waals surface area contributed by atoms with Crippen LogP contribution in [0.15, 0.2) is 12.7 Å². The van der Waals surface area contributed by atoms with E-state index in [0.717, 1.165) is 13.0 Å². The lowest BCUT2D eigenvalue weighted by molar-refractivity contribution is 0.00588. The third-order valence-corrected chi connectivity index (χ3v) is 3.18. The maximum Gasteiger partial charge on any atom is 0.0831 e. The Morgan fingerprint density at radius 3 is 2.06 bits per heavy atom. The van der Waals surface area contributed by atoms with Crippen LogP contribution in [0.25, 0.3) is 0 Å². The van der Waals surface area contributed by atoms with Crippen molar-refractivity contribution in [2.24, 2.45) is 0 Å². The lowest BCUT2D eigenvalue weighted by atomic mass is 9.97. The third kappa shape index (κ3) is 7.92. The molecule has 0 N–H and O–H groups in total. The molecule has 0 radical (unpaired) electrons. The number of hydrogen-bond acceptors (Lipinski definition) is 1. The van der Waals surface area contributed by atoms with Crippen molar-refractivity contribution in [3.63, 3.8) is 0 Å². The van der Waals surface area contributed by atoms with Gasteiger partial charge < -0.3 is 4.74 Å². The van der Waals surface area contributed by atoms with E-state index in [1.807, 2.05) is 13.0 Å². The van der Waals surface area contributed by atoms with Gasteiger partial charge in [0, 0.05) is 6.61 Å². The van der Waals surface area contributed by atoms with Crippen LogP contribution in [0.3, 0.4) is 0 Å². The Kier molecular flexibility index (Phi) is 9.71. The summed E-state index contributed by atoms with van der Waals surface area (Å²) in [5.74, 6) is 0. The zero-order chi connectivity index (χ0) is 12.3. The van der Waals surface area contributed by atoms with E-state index in [1.165, 1.54) is 44.9 Å². The minimum absolute atomic E-state index is 0.0990.